The summed E-state index contributed by atoms with van der Waals surface area (Å²) in [6.07, 6.45) is 5.44. The van der Waals surface area contributed by atoms with Crippen LogP contribution in [0.5, 0.6) is 5.75 Å². The predicted octanol–water partition coefficient (Wildman–Crippen LogP) is 4.45. The van der Waals surface area contributed by atoms with Gasteiger partial charge in [-0.15, -0.1) is 0 Å². The quantitative estimate of drug-likeness (QED) is 0.727. The Hall–Kier alpha value is -2.83. The number of carbonyl (C=O) groups excluding carboxylic acids is 2. The zero-order valence-corrected chi connectivity index (χ0v) is 20.5. The second-order valence-electron chi connectivity index (χ2n) is 10.5. The number of amides is 2. The van der Waals surface area contributed by atoms with Crippen molar-refractivity contribution >= 4 is 17.5 Å². The van der Waals surface area contributed by atoms with Crippen LogP contribution in [0.1, 0.15) is 82.9 Å². The number of nitrogens with one attached hydrogen (secondary N) is 1. The highest BCUT2D eigenvalue weighted by Crippen LogP contribution is 2.35. The van der Waals surface area contributed by atoms with Crippen molar-refractivity contribution in [3.63, 3.8) is 0 Å². The SMILES string of the molecule is CCOc1ccc(N2C(=O)c3cc(C(C)(C)C)nn3C[C@@]2(C)C(=O)NC2CCCCC2)cc1. The molecule has 0 unspecified atom stereocenters. The van der Waals surface area contributed by atoms with Crippen molar-refractivity contribution < 1.29 is 14.3 Å². The summed E-state index contributed by atoms with van der Waals surface area (Å²) in [5.41, 5.74) is 0.728. The van der Waals surface area contributed by atoms with Gasteiger partial charge in [0.25, 0.3) is 5.91 Å². The molecule has 1 aliphatic heterocycles. The molecule has 1 aromatic carbocycles. The molecule has 2 amide bonds. The number of benzene rings is 1. The average molecular weight is 453 g/mol. The Morgan fingerprint density at radius 3 is 2.45 bits per heavy atom. The number of carbonyl (C=O) groups is 2. The molecule has 2 heterocycles. The normalized spacial score (nSPS) is 21.6. The van der Waals surface area contributed by atoms with Gasteiger partial charge in [-0.1, -0.05) is 40.0 Å². The summed E-state index contributed by atoms with van der Waals surface area (Å²) in [6.45, 7) is 10.9. The number of nitrogens with zero attached hydrogens (tertiary/aromatic N) is 3. The van der Waals surface area contributed by atoms with E-state index in [4.69, 9.17) is 9.84 Å². The number of anilines is 1. The second-order valence-corrected chi connectivity index (χ2v) is 10.5. The van der Waals surface area contributed by atoms with Crippen LogP contribution in [0.4, 0.5) is 5.69 Å². The summed E-state index contributed by atoms with van der Waals surface area (Å²) in [5.74, 6) is 0.393. The molecular formula is C26H36N4O3. The molecule has 2 aromatic rings. The molecule has 1 N–H and O–H groups in total. The molecule has 0 spiro atoms. The van der Waals surface area contributed by atoms with Crippen molar-refractivity contribution in [3.8, 4) is 5.75 Å². The van der Waals surface area contributed by atoms with E-state index in [1.54, 1.807) is 9.58 Å². The Bertz CT molecular complexity index is 1020. The van der Waals surface area contributed by atoms with Crippen LogP contribution in [0, 0.1) is 0 Å². The van der Waals surface area contributed by atoms with Gasteiger partial charge in [0.05, 0.1) is 18.8 Å². The van der Waals surface area contributed by atoms with Gasteiger partial charge < -0.3 is 10.1 Å². The Kier molecular flexibility index (Phi) is 6.25. The first kappa shape index (κ1) is 23.3. The van der Waals surface area contributed by atoms with Gasteiger partial charge in [0.1, 0.15) is 17.0 Å². The molecule has 2 aliphatic rings. The van der Waals surface area contributed by atoms with E-state index in [-0.39, 0.29) is 23.3 Å². The standard InChI is InChI=1S/C26H36N4O3/c1-6-33-20-14-12-19(13-15-20)30-23(31)21-16-22(25(2,3)4)28-29(21)17-26(30,5)24(32)27-18-10-8-7-9-11-18/h12-16,18H,6-11,17H2,1-5H3,(H,27,32)/t26-/m0/s1. The molecule has 0 bridgehead atoms. The van der Waals surface area contributed by atoms with Gasteiger partial charge in [-0.3, -0.25) is 19.2 Å². The Balaban J connectivity index is 1.74. The zero-order valence-electron chi connectivity index (χ0n) is 20.5. The van der Waals surface area contributed by atoms with Crippen LogP contribution in [0.25, 0.3) is 0 Å². The number of ether oxygens (including phenoxy) is 1. The Morgan fingerprint density at radius 1 is 1.18 bits per heavy atom. The van der Waals surface area contributed by atoms with E-state index in [1.807, 2.05) is 44.2 Å². The Morgan fingerprint density at radius 2 is 1.85 bits per heavy atom. The van der Waals surface area contributed by atoms with E-state index >= 15 is 0 Å². The van der Waals surface area contributed by atoms with Gasteiger partial charge in [0.2, 0.25) is 5.91 Å². The summed E-state index contributed by atoms with van der Waals surface area (Å²) in [4.78, 5) is 29.2. The van der Waals surface area contributed by atoms with Crippen LogP contribution in [0.3, 0.4) is 0 Å². The molecule has 178 valence electrons. The van der Waals surface area contributed by atoms with E-state index in [0.29, 0.717) is 24.5 Å². The summed E-state index contributed by atoms with van der Waals surface area (Å²) < 4.78 is 7.29. The summed E-state index contributed by atoms with van der Waals surface area (Å²) >= 11 is 0. The number of hydrogen-bond acceptors (Lipinski definition) is 4. The fourth-order valence-corrected chi connectivity index (χ4v) is 4.80. The van der Waals surface area contributed by atoms with Gasteiger partial charge in [-0.25, -0.2) is 0 Å². The molecule has 1 aliphatic carbocycles. The van der Waals surface area contributed by atoms with Crippen molar-refractivity contribution in [2.24, 2.45) is 0 Å². The molecule has 0 saturated heterocycles. The largest absolute Gasteiger partial charge is 0.494 e. The van der Waals surface area contributed by atoms with Crippen LogP contribution in [0.15, 0.2) is 30.3 Å². The van der Waals surface area contributed by atoms with Crippen molar-refractivity contribution in [2.75, 3.05) is 11.5 Å². The van der Waals surface area contributed by atoms with Crippen LogP contribution in [-0.4, -0.2) is 39.8 Å². The molecule has 4 rings (SSSR count). The van der Waals surface area contributed by atoms with Crippen molar-refractivity contribution in [1.29, 1.82) is 0 Å². The summed E-state index contributed by atoms with van der Waals surface area (Å²) in [7, 11) is 0. The van der Waals surface area contributed by atoms with Crippen molar-refractivity contribution in [1.82, 2.24) is 15.1 Å². The molecule has 1 saturated carbocycles. The zero-order chi connectivity index (χ0) is 23.8. The van der Waals surface area contributed by atoms with Gasteiger partial charge in [-0.05, 0) is 57.0 Å². The molecule has 33 heavy (non-hydrogen) atoms. The molecule has 7 nitrogen and oxygen atoms in total. The second kappa shape index (κ2) is 8.84. The van der Waals surface area contributed by atoms with Crippen molar-refractivity contribution in [3.05, 3.63) is 41.7 Å². The van der Waals surface area contributed by atoms with Gasteiger partial charge in [0.15, 0.2) is 0 Å². The van der Waals surface area contributed by atoms with Crippen LogP contribution in [-0.2, 0) is 16.8 Å². The third-order valence-corrected chi connectivity index (χ3v) is 6.76. The first-order valence-corrected chi connectivity index (χ1v) is 12.1. The molecular weight excluding hydrogens is 416 g/mol. The Labute approximate surface area is 196 Å². The van der Waals surface area contributed by atoms with Crippen LogP contribution < -0.4 is 15.0 Å². The number of fused-ring (bicyclic) bond motifs is 1. The highest BCUT2D eigenvalue weighted by atomic mass is 16.5. The highest BCUT2D eigenvalue weighted by molar-refractivity contribution is 6.11. The van der Waals surface area contributed by atoms with Gasteiger partial charge in [0, 0.05) is 17.1 Å². The molecule has 1 fully saturated rings. The lowest BCUT2D eigenvalue weighted by atomic mass is 9.90. The maximum atomic E-state index is 13.8. The van der Waals surface area contributed by atoms with Gasteiger partial charge >= 0.3 is 0 Å². The van der Waals surface area contributed by atoms with E-state index in [1.165, 1.54) is 6.42 Å². The fraction of sp³-hybridized carbons (Fsp3) is 0.577. The predicted molar refractivity (Wildman–Crippen MR) is 129 cm³/mol. The third-order valence-electron chi connectivity index (χ3n) is 6.76. The van der Waals surface area contributed by atoms with E-state index in [9.17, 15) is 9.59 Å². The van der Waals surface area contributed by atoms with Crippen molar-refractivity contribution in [2.45, 2.75) is 90.3 Å². The first-order chi connectivity index (χ1) is 15.6. The monoisotopic (exact) mass is 452 g/mol. The van der Waals surface area contributed by atoms with E-state index in [2.05, 4.69) is 26.1 Å². The fourth-order valence-electron chi connectivity index (χ4n) is 4.80. The maximum Gasteiger partial charge on any atom is 0.277 e. The van der Waals surface area contributed by atoms with E-state index < -0.39 is 5.54 Å². The lowest BCUT2D eigenvalue weighted by Crippen LogP contribution is -2.65. The molecule has 7 heteroatoms. The lowest BCUT2D eigenvalue weighted by Gasteiger charge is -2.44. The number of aromatic nitrogens is 2. The number of rotatable bonds is 5. The highest BCUT2D eigenvalue weighted by Gasteiger charge is 2.49. The van der Waals surface area contributed by atoms with Gasteiger partial charge in [-0.2, -0.15) is 5.10 Å². The minimum Gasteiger partial charge on any atom is -0.494 e. The third kappa shape index (κ3) is 4.50. The minimum atomic E-state index is -1.10. The molecule has 0 radical (unpaired) electrons. The average Bonchev–Trinajstić information content (AvgIpc) is 3.20. The maximum absolute atomic E-state index is 13.8. The van der Waals surface area contributed by atoms with Crippen LogP contribution >= 0.6 is 0 Å². The molecule has 1 atom stereocenters. The van der Waals surface area contributed by atoms with Crippen LogP contribution in [0.2, 0.25) is 0 Å². The smallest absolute Gasteiger partial charge is 0.277 e. The number of hydrogen-bond donors (Lipinski definition) is 1. The van der Waals surface area contributed by atoms with E-state index in [0.717, 1.165) is 37.1 Å². The molecule has 1 aromatic heterocycles. The first-order valence-electron chi connectivity index (χ1n) is 12.1. The topological polar surface area (TPSA) is 76.5 Å². The summed E-state index contributed by atoms with van der Waals surface area (Å²) in [5, 5.41) is 7.98. The summed E-state index contributed by atoms with van der Waals surface area (Å²) in [6, 6.07) is 9.42. The minimum absolute atomic E-state index is 0.130. The lowest BCUT2D eigenvalue weighted by molar-refractivity contribution is -0.127.